The predicted molar refractivity (Wildman–Crippen MR) is 72.8 cm³/mol. The highest BCUT2D eigenvalue weighted by atomic mass is 14.6. The van der Waals surface area contributed by atoms with Gasteiger partial charge in [0, 0.05) is 5.69 Å². The molecule has 0 atom stereocenters. The van der Waals surface area contributed by atoms with Gasteiger partial charge in [-0.3, -0.25) is 0 Å². The summed E-state index contributed by atoms with van der Waals surface area (Å²) in [5.41, 5.74) is 10.8. The fourth-order valence-electron chi connectivity index (χ4n) is 2.14. The number of rotatable bonds is 6. The molecule has 0 aliphatic carbocycles. The molecular weight excluding hydrogens is 194 g/mol. The van der Waals surface area contributed by atoms with Crippen LogP contribution in [0, 0.1) is 13.8 Å². The average Bonchev–Trinajstić information content (AvgIpc) is 2.25. The van der Waals surface area contributed by atoms with E-state index < -0.39 is 0 Å². The van der Waals surface area contributed by atoms with E-state index in [1.807, 2.05) is 0 Å². The van der Waals surface area contributed by atoms with E-state index in [9.17, 15) is 0 Å². The maximum Gasteiger partial charge on any atom is 0.0373 e. The highest BCUT2D eigenvalue weighted by Gasteiger charge is 2.01. The Kier molecular flexibility index (Phi) is 5.37. The van der Waals surface area contributed by atoms with Crippen molar-refractivity contribution in [3.05, 3.63) is 28.8 Å². The molecule has 0 aliphatic heterocycles. The summed E-state index contributed by atoms with van der Waals surface area (Å²) in [5.74, 6) is 0. The standard InChI is InChI=1S/C15H25N/c1-4-5-6-7-8-9-14-10-12(2)15(16)13(3)11-14/h10-11H,4-9,16H2,1-3H3. The summed E-state index contributed by atoms with van der Waals surface area (Å²) >= 11 is 0. The summed E-state index contributed by atoms with van der Waals surface area (Å²) in [7, 11) is 0. The quantitative estimate of drug-likeness (QED) is 0.557. The van der Waals surface area contributed by atoms with Crippen LogP contribution in [-0.2, 0) is 6.42 Å². The van der Waals surface area contributed by atoms with Crippen LogP contribution in [0.15, 0.2) is 12.1 Å². The molecule has 0 radical (unpaired) electrons. The summed E-state index contributed by atoms with van der Waals surface area (Å²) in [6, 6.07) is 4.48. The second-order valence-electron chi connectivity index (χ2n) is 4.81. The van der Waals surface area contributed by atoms with Crippen LogP contribution in [0.5, 0.6) is 0 Å². The molecule has 2 N–H and O–H groups in total. The van der Waals surface area contributed by atoms with Crippen LogP contribution in [0.1, 0.15) is 55.7 Å². The van der Waals surface area contributed by atoms with E-state index in [1.54, 1.807) is 0 Å². The summed E-state index contributed by atoms with van der Waals surface area (Å²) in [6.07, 6.45) is 7.94. The molecule has 0 saturated carbocycles. The minimum Gasteiger partial charge on any atom is -0.398 e. The van der Waals surface area contributed by atoms with Crippen molar-refractivity contribution in [2.24, 2.45) is 0 Å². The molecule has 0 fully saturated rings. The first-order valence-electron chi connectivity index (χ1n) is 6.50. The minimum atomic E-state index is 0.953. The summed E-state index contributed by atoms with van der Waals surface area (Å²) in [6.45, 7) is 6.46. The van der Waals surface area contributed by atoms with Crippen molar-refractivity contribution in [2.75, 3.05) is 5.73 Å². The number of unbranched alkanes of at least 4 members (excludes halogenated alkanes) is 4. The first-order chi connectivity index (χ1) is 7.65. The highest BCUT2D eigenvalue weighted by Crippen LogP contribution is 2.20. The molecular formula is C15H25N. The van der Waals surface area contributed by atoms with Gasteiger partial charge in [0.1, 0.15) is 0 Å². The van der Waals surface area contributed by atoms with Gasteiger partial charge in [-0.15, -0.1) is 0 Å². The number of benzene rings is 1. The molecule has 0 unspecified atom stereocenters. The molecule has 1 nitrogen and oxygen atoms in total. The Balaban J connectivity index is 2.43. The van der Waals surface area contributed by atoms with Gasteiger partial charge in [-0.25, -0.2) is 0 Å². The van der Waals surface area contributed by atoms with Gasteiger partial charge in [0.15, 0.2) is 0 Å². The highest BCUT2D eigenvalue weighted by molar-refractivity contribution is 5.54. The van der Waals surface area contributed by atoms with Crippen molar-refractivity contribution >= 4 is 5.69 Å². The van der Waals surface area contributed by atoms with Crippen molar-refractivity contribution in [3.63, 3.8) is 0 Å². The molecule has 0 heterocycles. The van der Waals surface area contributed by atoms with Gasteiger partial charge < -0.3 is 5.73 Å². The van der Waals surface area contributed by atoms with Crippen molar-refractivity contribution in [3.8, 4) is 0 Å². The van der Waals surface area contributed by atoms with E-state index in [0.717, 1.165) is 5.69 Å². The van der Waals surface area contributed by atoms with E-state index in [1.165, 1.54) is 55.2 Å². The number of nitrogen functional groups attached to an aromatic ring is 1. The van der Waals surface area contributed by atoms with Crippen LogP contribution in [0.3, 0.4) is 0 Å². The summed E-state index contributed by atoms with van der Waals surface area (Å²) in [5, 5.41) is 0. The Hall–Kier alpha value is -0.980. The lowest BCUT2D eigenvalue weighted by Gasteiger charge is -2.08. The molecule has 90 valence electrons. The average molecular weight is 219 g/mol. The van der Waals surface area contributed by atoms with Gasteiger partial charge in [-0.1, -0.05) is 44.7 Å². The Morgan fingerprint density at radius 1 is 0.938 bits per heavy atom. The maximum atomic E-state index is 5.95. The van der Waals surface area contributed by atoms with Crippen molar-refractivity contribution in [1.82, 2.24) is 0 Å². The lowest BCUT2D eigenvalue weighted by Crippen LogP contribution is -1.96. The second-order valence-corrected chi connectivity index (χ2v) is 4.81. The number of anilines is 1. The zero-order valence-electron chi connectivity index (χ0n) is 11.0. The van der Waals surface area contributed by atoms with Crippen molar-refractivity contribution in [1.29, 1.82) is 0 Å². The van der Waals surface area contributed by atoms with Gasteiger partial charge in [0.2, 0.25) is 0 Å². The Bertz CT molecular complexity index is 305. The van der Waals surface area contributed by atoms with Crippen molar-refractivity contribution in [2.45, 2.75) is 59.3 Å². The fourth-order valence-corrected chi connectivity index (χ4v) is 2.14. The number of hydrogen-bond acceptors (Lipinski definition) is 1. The first kappa shape index (κ1) is 13.1. The topological polar surface area (TPSA) is 26.0 Å². The lowest BCUT2D eigenvalue weighted by molar-refractivity contribution is 0.632. The third-order valence-electron chi connectivity index (χ3n) is 3.22. The molecule has 1 aromatic carbocycles. The fraction of sp³-hybridized carbons (Fsp3) is 0.600. The third-order valence-corrected chi connectivity index (χ3v) is 3.22. The van der Waals surface area contributed by atoms with Crippen molar-refractivity contribution < 1.29 is 0 Å². The largest absolute Gasteiger partial charge is 0.398 e. The lowest BCUT2D eigenvalue weighted by atomic mass is 10.00. The zero-order valence-corrected chi connectivity index (χ0v) is 11.0. The molecule has 16 heavy (non-hydrogen) atoms. The van der Waals surface area contributed by atoms with E-state index >= 15 is 0 Å². The third kappa shape index (κ3) is 3.88. The molecule has 0 saturated heterocycles. The normalized spacial score (nSPS) is 10.7. The molecule has 1 aromatic rings. The van der Waals surface area contributed by atoms with Crippen LogP contribution in [0.25, 0.3) is 0 Å². The zero-order chi connectivity index (χ0) is 12.0. The van der Waals surface area contributed by atoms with Gasteiger partial charge in [0.25, 0.3) is 0 Å². The molecule has 0 spiro atoms. The Labute approximate surface area is 100 Å². The smallest absolute Gasteiger partial charge is 0.0373 e. The van der Waals surface area contributed by atoms with Gasteiger partial charge in [0.05, 0.1) is 0 Å². The van der Waals surface area contributed by atoms with Crippen LogP contribution in [0.2, 0.25) is 0 Å². The summed E-state index contributed by atoms with van der Waals surface area (Å²) < 4.78 is 0. The second kappa shape index (κ2) is 6.57. The SMILES string of the molecule is CCCCCCCc1cc(C)c(N)c(C)c1. The molecule has 1 rings (SSSR count). The van der Waals surface area contributed by atoms with E-state index in [-0.39, 0.29) is 0 Å². The van der Waals surface area contributed by atoms with E-state index in [2.05, 4.69) is 32.9 Å². The monoisotopic (exact) mass is 219 g/mol. The Morgan fingerprint density at radius 3 is 2.06 bits per heavy atom. The molecule has 0 bridgehead atoms. The van der Waals surface area contributed by atoms with Gasteiger partial charge in [-0.2, -0.15) is 0 Å². The van der Waals surface area contributed by atoms with Gasteiger partial charge >= 0.3 is 0 Å². The maximum absolute atomic E-state index is 5.95. The van der Waals surface area contributed by atoms with E-state index in [4.69, 9.17) is 5.73 Å². The molecule has 1 heteroatoms. The number of aryl methyl sites for hydroxylation is 3. The first-order valence-corrected chi connectivity index (χ1v) is 6.50. The molecule has 0 aliphatic rings. The molecule has 0 amide bonds. The van der Waals surface area contributed by atoms with E-state index in [0.29, 0.717) is 0 Å². The number of hydrogen-bond donors (Lipinski definition) is 1. The molecule has 0 aromatic heterocycles. The Morgan fingerprint density at radius 2 is 1.50 bits per heavy atom. The summed E-state index contributed by atoms with van der Waals surface area (Å²) in [4.78, 5) is 0. The van der Waals surface area contributed by atoms with Crippen LogP contribution >= 0.6 is 0 Å². The number of nitrogens with two attached hydrogens (primary N) is 1. The van der Waals surface area contributed by atoms with Crippen LogP contribution in [-0.4, -0.2) is 0 Å². The van der Waals surface area contributed by atoms with Crippen LogP contribution in [0.4, 0.5) is 5.69 Å². The van der Waals surface area contributed by atoms with Crippen LogP contribution < -0.4 is 5.73 Å². The van der Waals surface area contributed by atoms with Gasteiger partial charge in [-0.05, 0) is 43.4 Å². The predicted octanol–water partition coefficient (Wildman–Crippen LogP) is 4.40. The minimum absolute atomic E-state index is 0.953.